The Kier molecular flexibility index (Phi) is 5.92. The van der Waals surface area contributed by atoms with Crippen molar-refractivity contribution in [3.8, 4) is 0 Å². The van der Waals surface area contributed by atoms with Gasteiger partial charge in [-0.3, -0.25) is 9.79 Å². The molecule has 0 aromatic rings. The van der Waals surface area contributed by atoms with E-state index in [4.69, 9.17) is 5.73 Å². The Bertz CT molecular complexity index is 211. The second kappa shape index (κ2) is 6.40. The van der Waals surface area contributed by atoms with Gasteiger partial charge < -0.3 is 10.6 Å². The second-order valence-electron chi connectivity index (χ2n) is 3.65. The maximum absolute atomic E-state index is 11.2. The summed E-state index contributed by atoms with van der Waals surface area (Å²) < 4.78 is 0. The van der Waals surface area contributed by atoms with Crippen molar-refractivity contribution in [3.63, 3.8) is 0 Å². The molecule has 1 atom stereocenters. The number of rotatable bonds is 5. The molecule has 4 nitrogen and oxygen atoms in total. The van der Waals surface area contributed by atoms with E-state index >= 15 is 0 Å². The number of nitrogens with zero attached hydrogens (tertiary/aromatic N) is 2. The molecule has 0 aromatic carbocycles. The van der Waals surface area contributed by atoms with E-state index in [0.717, 1.165) is 6.42 Å². The Morgan fingerprint density at radius 2 is 2.07 bits per heavy atom. The molecule has 2 N–H and O–H groups in total. The van der Waals surface area contributed by atoms with Gasteiger partial charge in [0.05, 0.1) is 5.84 Å². The van der Waals surface area contributed by atoms with E-state index in [0.29, 0.717) is 24.7 Å². The Hall–Kier alpha value is -1.06. The molecule has 0 aromatic heterocycles. The fraction of sp³-hybridized carbons (Fsp3) is 0.800. The average Bonchev–Trinajstić information content (AvgIpc) is 2.15. The number of carbonyl (C=O) groups is 1. The minimum absolute atomic E-state index is 0.0886. The molecule has 0 aliphatic carbocycles. The quantitative estimate of drug-likeness (QED) is 0.527. The Labute approximate surface area is 86.2 Å². The smallest absolute Gasteiger partial charge is 0.223 e. The first-order chi connectivity index (χ1) is 6.49. The molecule has 0 radical (unpaired) electrons. The van der Waals surface area contributed by atoms with Crippen LogP contribution < -0.4 is 5.73 Å². The van der Waals surface area contributed by atoms with Crippen molar-refractivity contribution in [2.45, 2.75) is 26.7 Å². The summed E-state index contributed by atoms with van der Waals surface area (Å²) >= 11 is 0. The lowest BCUT2D eigenvalue weighted by Gasteiger charge is -2.10. The fourth-order valence-corrected chi connectivity index (χ4v) is 0.869. The molecule has 0 fully saturated rings. The maximum atomic E-state index is 11.2. The van der Waals surface area contributed by atoms with E-state index in [2.05, 4.69) is 11.9 Å². The first-order valence-corrected chi connectivity index (χ1v) is 4.99. The summed E-state index contributed by atoms with van der Waals surface area (Å²) in [4.78, 5) is 16.9. The first-order valence-electron chi connectivity index (χ1n) is 4.99. The summed E-state index contributed by atoms with van der Waals surface area (Å²) in [5, 5.41) is 0. The number of hydrogen-bond acceptors (Lipinski definition) is 2. The van der Waals surface area contributed by atoms with Gasteiger partial charge in [-0.05, 0) is 6.42 Å². The van der Waals surface area contributed by atoms with E-state index in [-0.39, 0.29) is 5.91 Å². The van der Waals surface area contributed by atoms with Crippen molar-refractivity contribution in [2.75, 3.05) is 20.6 Å². The van der Waals surface area contributed by atoms with Crippen LogP contribution in [0.5, 0.6) is 0 Å². The minimum atomic E-state index is 0.0886. The van der Waals surface area contributed by atoms with Gasteiger partial charge in [0.1, 0.15) is 0 Å². The standard InChI is InChI=1S/C10H21N3O/c1-5-8(2)10(11)12-7-6-9(14)13(3)4/h8H,5-7H2,1-4H3,(H2,11,12). The molecule has 1 unspecified atom stereocenters. The first kappa shape index (κ1) is 12.9. The molecule has 0 spiro atoms. The van der Waals surface area contributed by atoms with Gasteiger partial charge >= 0.3 is 0 Å². The summed E-state index contributed by atoms with van der Waals surface area (Å²) in [6.45, 7) is 4.60. The molecule has 0 saturated carbocycles. The van der Waals surface area contributed by atoms with Crippen molar-refractivity contribution in [1.29, 1.82) is 0 Å². The van der Waals surface area contributed by atoms with Gasteiger partial charge in [-0.25, -0.2) is 0 Å². The molecule has 0 heterocycles. The lowest BCUT2D eigenvalue weighted by molar-refractivity contribution is -0.128. The van der Waals surface area contributed by atoms with Crippen LogP contribution in [0.4, 0.5) is 0 Å². The molecule has 14 heavy (non-hydrogen) atoms. The van der Waals surface area contributed by atoms with Crippen LogP contribution in [0, 0.1) is 5.92 Å². The van der Waals surface area contributed by atoms with Crippen LogP contribution in [0.3, 0.4) is 0 Å². The molecule has 4 heteroatoms. The lowest BCUT2D eigenvalue weighted by Crippen LogP contribution is -2.24. The normalized spacial score (nSPS) is 13.9. The molecule has 0 bridgehead atoms. The molecular weight excluding hydrogens is 178 g/mol. The average molecular weight is 199 g/mol. The van der Waals surface area contributed by atoms with E-state index in [9.17, 15) is 4.79 Å². The Morgan fingerprint density at radius 3 is 2.50 bits per heavy atom. The van der Waals surface area contributed by atoms with Gasteiger partial charge in [-0.1, -0.05) is 13.8 Å². The van der Waals surface area contributed by atoms with Crippen LogP contribution in [0.2, 0.25) is 0 Å². The monoisotopic (exact) mass is 199 g/mol. The van der Waals surface area contributed by atoms with Gasteiger partial charge in [0.2, 0.25) is 5.91 Å². The third kappa shape index (κ3) is 4.84. The summed E-state index contributed by atoms with van der Waals surface area (Å²) in [5.41, 5.74) is 5.72. The molecule has 0 aliphatic rings. The number of amidine groups is 1. The summed E-state index contributed by atoms with van der Waals surface area (Å²) in [7, 11) is 3.48. The highest BCUT2D eigenvalue weighted by atomic mass is 16.2. The fourth-order valence-electron chi connectivity index (χ4n) is 0.869. The highest BCUT2D eigenvalue weighted by molar-refractivity contribution is 5.83. The largest absolute Gasteiger partial charge is 0.387 e. The molecular formula is C10H21N3O. The lowest BCUT2D eigenvalue weighted by atomic mass is 10.1. The van der Waals surface area contributed by atoms with Crippen LogP contribution >= 0.6 is 0 Å². The number of aliphatic imine (C=N–C) groups is 1. The van der Waals surface area contributed by atoms with E-state index in [1.54, 1.807) is 19.0 Å². The van der Waals surface area contributed by atoms with Crippen LogP contribution in [-0.2, 0) is 4.79 Å². The summed E-state index contributed by atoms with van der Waals surface area (Å²) in [6.07, 6.45) is 1.42. The zero-order chi connectivity index (χ0) is 11.1. The molecule has 82 valence electrons. The predicted octanol–water partition coefficient (Wildman–Crippen LogP) is 0.868. The van der Waals surface area contributed by atoms with Crippen molar-refractivity contribution >= 4 is 11.7 Å². The zero-order valence-corrected chi connectivity index (χ0v) is 9.58. The molecule has 0 saturated heterocycles. The predicted molar refractivity (Wildman–Crippen MR) is 59.3 cm³/mol. The van der Waals surface area contributed by atoms with Crippen LogP contribution in [0.1, 0.15) is 26.7 Å². The topological polar surface area (TPSA) is 58.7 Å². The van der Waals surface area contributed by atoms with Crippen molar-refractivity contribution in [2.24, 2.45) is 16.6 Å². The summed E-state index contributed by atoms with van der Waals surface area (Å²) in [6, 6.07) is 0. The van der Waals surface area contributed by atoms with Crippen LogP contribution in [0.25, 0.3) is 0 Å². The van der Waals surface area contributed by atoms with Gasteiger partial charge in [0.25, 0.3) is 0 Å². The van der Waals surface area contributed by atoms with E-state index in [1.165, 1.54) is 0 Å². The molecule has 0 rings (SSSR count). The van der Waals surface area contributed by atoms with Crippen LogP contribution in [0.15, 0.2) is 4.99 Å². The van der Waals surface area contributed by atoms with Gasteiger partial charge in [-0.2, -0.15) is 0 Å². The molecule has 0 aliphatic heterocycles. The van der Waals surface area contributed by atoms with E-state index < -0.39 is 0 Å². The number of nitrogens with two attached hydrogens (primary N) is 1. The Morgan fingerprint density at radius 1 is 1.50 bits per heavy atom. The maximum Gasteiger partial charge on any atom is 0.223 e. The van der Waals surface area contributed by atoms with Gasteiger partial charge in [0.15, 0.2) is 0 Å². The second-order valence-corrected chi connectivity index (χ2v) is 3.65. The molecule has 1 amide bonds. The van der Waals surface area contributed by atoms with Crippen molar-refractivity contribution in [1.82, 2.24) is 4.90 Å². The third-order valence-electron chi connectivity index (χ3n) is 2.24. The van der Waals surface area contributed by atoms with Gasteiger partial charge in [-0.15, -0.1) is 0 Å². The van der Waals surface area contributed by atoms with Gasteiger partial charge in [0, 0.05) is 33.0 Å². The number of carbonyl (C=O) groups excluding carboxylic acids is 1. The third-order valence-corrected chi connectivity index (χ3v) is 2.24. The highest BCUT2D eigenvalue weighted by Gasteiger charge is 2.05. The number of amides is 1. The van der Waals surface area contributed by atoms with E-state index in [1.807, 2.05) is 6.92 Å². The summed E-state index contributed by atoms with van der Waals surface area (Å²) in [5.74, 6) is 1.05. The van der Waals surface area contributed by atoms with Crippen LogP contribution in [-0.4, -0.2) is 37.3 Å². The van der Waals surface area contributed by atoms with Crippen molar-refractivity contribution in [3.05, 3.63) is 0 Å². The SMILES string of the molecule is CCC(C)C(N)=NCCC(=O)N(C)C. The minimum Gasteiger partial charge on any atom is -0.387 e. The zero-order valence-electron chi connectivity index (χ0n) is 9.58. The highest BCUT2D eigenvalue weighted by Crippen LogP contribution is 2.00. The Balaban J connectivity index is 3.87. The van der Waals surface area contributed by atoms with Crippen molar-refractivity contribution < 1.29 is 4.79 Å². The number of hydrogen-bond donors (Lipinski definition) is 1.